The molecule has 6 rings (SSSR count). The Bertz CT molecular complexity index is 2210. The molecule has 300 valence electrons. The number of aromatic amines is 1. The van der Waals surface area contributed by atoms with Crippen LogP contribution in [0.25, 0.3) is 0 Å². The van der Waals surface area contributed by atoms with E-state index in [1.54, 1.807) is 67.6 Å². The van der Waals surface area contributed by atoms with Crippen LogP contribution in [0.15, 0.2) is 129 Å². The standard InChI is InChI=1S/C31H39N3O4S2.C10H12N2O4/c1-26-11-15-30(16-12-26)39(35,36)33-21-7-19-32(25-29-9-5-4-6-10-29)20-8-22-34(24-28(3)23-33)40(37,38)31-17-13-27(2)14-18-31;1-6-4-12(10(15)11-9(6)14)8-3-2-7(5-13)16-8/h4-6,9-18H,3,7-8,19-25H2,1-2H3;2-4,7-8,13H,5H2,1H3,(H,11,14,15)/t;7-,8+/m.0/s1. The van der Waals surface area contributed by atoms with Crippen molar-refractivity contribution in [3.8, 4) is 0 Å². The highest BCUT2D eigenvalue weighted by atomic mass is 32.2. The maximum Gasteiger partial charge on any atom is 0.330 e. The Morgan fingerprint density at radius 2 is 1.27 bits per heavy atom. The molecule has 1 fully saturated rings. The van der Waals surface area contributed by atoms with E-state index in [2.05, 4.69) is 28.6 Å². The fourth-order valence-corrected chi connectivity index (χ4v) is 9.42. The normalized spacial score (nSPS) is 19.5. The first-order valence-electron chi connectivity index (χ1n) is 18.5. The van der Waals surface area contributed by atoms with Crippen LogP contribution in [0.4, 0.5) is 0 Å². The van der Waals surface area contributed by atoms with Gasteiger partial charge in [-0.2, -0.15) is 8.61 Å². The number of aryl methyl sites for hydroxylation is 3. The van der Waals surface area contributed by atoms with E-state index in [1.807, 2.05) is 32.0 Å². The molecule has 0 unspecified atom stereocenters. The Balaban J connectivity index is 0.000000311. The summed E-state index contributed by atoms with van der Waals surface area (Å²) in [5.41, 5.74) is 3.16. The maximum atomic E-state index is 13.7. The lowest BCUT2D eigenvalue weighted by molar-refractivity contribution is -0.0104. The van der Waals surface area contributed by atoms with Gasteiger partial charge in [-0.25, -0.2) is 21.6 Å². The van der Waals surface area contributed by atoms with Crippen molar-refractivity contribution in [3.05, 3.63) is 152 Å². The molecular formula is C41H51N5O8S2. The molecule has 0 saturated carbocycles. The molecule has 15 heteroatoms. The van der Waals surface area contributed by atoms with Crippen molar-refractivity contribution in [1.29, 1.82) is 0 Å². The highest BCUT2D eigenvalue weighted by Gasteiger charge is 2.29. The highest BCUT2D eigenvalue weighted by molar-refractivity contribution is 7.89. The molecule has 0 amide bonds. The maximum absolute atomic E-state index is 13.7. The van der Waals surface area contributed by atoms with Crippen LogP contribution in [0.3, 0.4) is 0 Å². The number of aromatic nitrogens is 2. The van der Waals surface area contributed by atoms with E-state index >= 15 is 0 Å². The zero-order valence-corrected chi connectivity index (χ0v) is 33.7. The monoisotopic (exact) mass is 805 g/mol. The number of ether oxygens (including phenoxy) is 1. The fourth-order valence-electron chi connectivity index (χ4n) is 6.41. The zero-order chi connectivity index (χ0) is 40.5. The van der Waals surface area contributed by atoms with Crippen LogP contribution < -0.4 is 11.2 Å². The van der Waals surface area contributed by atoms with Gasteiger partial charge in [0.15, 0.2) is 6.23 Å². The Morgan fingerprint density at radius 3 is 1.75 bits per heavy atom. The van der Waals surface area contributed by atoms with Crippen molar-refractivity contribution in [3.63, 3.8) is 0 Å². The molecule has 2 aliphatic heterocycles. The largest absolute Gasteiger partial charge is 0.393 e. The van der Waals surface area contributed by atoms with Gasteiger partial charge in [0.05, 0.1) is 16.4 Å². The molecule has 2 aliphatic rings. The number of hydrogen-bond acceptors (Lipinski definition) is 9. The summed E-state index contributed by atoms with van der Waals surface area (Å²) in [6, 6.07) is 23.8. The van der Waals surface area contributed by atoms with E-state index in [0.717, 1.165) is 16.7 Å². The summed E-state index contributed by atoms with van der Waals surface area (Å²) in [7, 11) is -7.60. The lowest BCUT2D eigenvalue weighted by Gasteiger charge is -2.30. The van der Waals surface area contributed by atoms with Crippen LogP contribution in [-0.4, -0.2) is 97.0 Å². The molecule has 2 N–H and O–H groups in total. The third-order valence-corrected chi connectivity index (χ3v) is 13.3. The van der Waals surface area contributed by atoms with Gasteiger partial charge in [0.2, 0.25) is 20.0 Å². The third kappa shape index (κ3) is 11.1. The van der Waals surface area contributed by atoms with Crippen LogP contribution in [-0.2, 0) is 31.3 Å². The van der Waals surface area contributed by atoms with E-state index in [4.69, 9.17) is 9.84 Å². The van der Waals surface area contributed by atoms with Crippen LogP contribution in [0.5, 0.6) is 0 Å². The van der Waals surface area contributed by atoms with Crippen LogP contribution >= 0.6 is 0 Å². The molecule has 1 saturated heterocycles. The Kier molecular flexibility index (Phi) is 14.6. The number of H-pyrrole nitrogens is 1. The number of nitrogens with one attached hydrogen (secondary N) is 1. The van der Waals surface area contributed by atoms with E-state index in [1.165, 1.54) is 19.4 Å². The van der Waals surface area contributed by atoms with Crippen molar-refractivity contribution in [1.82, 2.24) is 23.1 Å². The predicted molar refractivity (Wildman–Crippen MR) is 216 cm³/mol. The summed E-state index contributed by atoms with van der Waals surface area (Å²) in [5.74, 6) is 0. The van der Waals surface area contributed by atoms with Gasteiger partial charge in [-0.3, -0.25) is 19.2 Å². The zero-order valence-electron chi connectivity index (χ0n) is 32.1. The number of hydrogen-bond donors (Lipinski definition) is 2. The molecule has 2 atom stereocenters. The molecule has 0 radical (unpaired) electrons. The first-order chi connectivity index (χ1) is 26.7. The molecule has 0 bridgehead atoms. The summed E-state index contributed by atoms with van der Waals surface area (Å²) >= 11 is 0. The highest BCUT2D eigenvalue weighted by Crippen LogP contribution is 2.23. The van der Waals surface area contributed by atoms with Gasteiger partial charge in [-0.05, 0) is 88.2 Å². The number of aliphatic hydroxyl groups excluding tert-OH is 1. The quantitative estimate of drug-likeness (QED) is 0.250. The molecule has 1 aromatic heterocycles. The van der Waals surface area contributed by atoms with Crippen molar-refractivity contribution in [2.45, 2.75) is 62.3 Å². The lowest BCUT2D eigenvalue weighted by Crippen LogP contribution is -2.41. The van der Waals surface area contributed by atoms with Gasteiger partial charge in [-0.1, -0.05) is 78.4 Å². The summed E-state index contributed by atoms with van der Waals surface area (Å²) in [6.07, 6.45) is 5.12. The molecule has 3 heterocycles. The lowest BCUT2D eigenvalue weighted by atomic mass is 10.2. The van der Waals surface area contributed by atoms with Crippen molar-refractivity contribution >= 4 is 20.0 Å². The van der Waals surface area contributed by atoms with Crippen molar-refractivity contribution < 1.29 is 26.7 Å². The topological polar surface area (TPSA) is 162 Å². The Labute approximate surface area is 329 Å². The fraction of sp³-hybridized carbons (Fsp3) is 0.366. The number of benzene rings is 3. The van der Waals surface area contributed by atoms with Crippen LogP contribution in [0.2, 0.25) is 0 Å². The SMILES string of the molecule is C=C1CN(S(=O)(=O)c2ccc(C)cc2)CCCN(Cc2ccccc2)CCCN(S(=O)(=O)c2ccc(C)cc2)C1.Cc1cn([C@H]2C=C[C@@H](CO)O2)c(=O)[nH]c1=O. The van der Waals surface area contributed by atoms with Gasteiger partial charge in [-0.15, -0.1) is 0 Å². The van der Waals surface area contributed by atoms with E-state index in [-0.39, 0.29) is 29.5 Å². The molecule has 13 nitrogen and oxygen atoms in total. The smallest absolute Gasteiger partial charge is 0.330 e. The van der Waals surface area contributed by atoms with Gasteiger partial charge >= 0.3 is 5.69 Å². The first-order valence-corrected chi connectivity index (χ1v) is 21.4. The van der Waals surface area contributed by atoms with Gasteiger partial charge in [0.25, 0.3) is 5.56 Å². The average molecular weight is 806 g/mol. The molecule has 56 heavy (non-hydrogen) atoms. The van der Waals surface area contributed by atoms with Gasteiger partial charge in [0.1, 0.15) is 6.10 Å². The molecule has 4 aromatic rings. The van der Waals surface area contributed by atoms with Crippen molar-refractivity contribution in [2.24, 2.45) is 0 Å². The van der Waals surface area contributed by atoms with Crippen molar-refractivity contribution in [2.75, 3.05) is 45.9 Å². The second kappa shape index (κ2) is 19.1. The average Bonchev–Trinajstić information content (AvgIpc) is 3.65. The summed E-state index contributed by atoms with van der Waals surface area (Å²) < 4.78 is 64.3. The van der Waals surface area contributed by atoms with Gasteiger partial charge in [0, 0.05) is 44.5 Å². The minimum Gasteiger partial charge on any atom is -0.393 e. The predicted octanol–water partition coefficient (Wildman–Crippen LogP) is 4.13. The minimum absolute atomic E-state index is 0.0504. The second-order valence-corrected chi connectivity index (χ2v) is 18.0. The molecule has 3 aromatic carbocycles. The Hall–Kier alpha value is -4.48. The number of aliphatic hydroxyl groups is 1. The van der Waals surface area contributed by atoms with E-state index in [9.17, 15) is 26.4 Å². The number of rotatable bonds is 8. The summed E-state index contributed by atoms with van der Waals surface area (Å²) in [6.45, 7) is 12.2. The molecule has 0 spiro atoms. The first kappa shape index (κ1) is 42.7. The molecule has 0 aliphatic carbocycles. The summed E-state index contributed by atoms with van der Waals surface area (Å²) in [5, 5.41) is 8.88. The minimum atomic E-state index is -3.80. The molecular weight excluding hydrogens is 755 g/mol. The van der Waals surface area contributed by atoms with Gasteiger partial charge < -0.3 is 9.84 Å². The summed E-state index contributed by atoms with van der Waals surface area (Å²) in [4.78, 5) is 27.6. The van der Waals surface area contributed by atoms with E-state index in [0.29, 0.717) is 56.7 Å². The second-order valence-electron chi connectivity index (χ2n) is 14.1. The van der Waals surface area contributed by atoms with Crippen LogP contribution in [0.1, 0.15) is 41.3 Å². The third-order valence-electron chi connectivity index (χ3n) is 9.53. The number of sulfonamides is 2. The van der Waals surface area contributed by atoms with Crippen LogP contribution in [0, 0.1) is 20.8 Å². The Morgan fingerprint density at radius 1 is 0.750 bits per heavy atom. The number of nitrogens with zero attached hydrogens (tertiary/aromatic N) is 4. The van der Waals surface area contributed by atoms with E-state index < -0.39 is 43.6 Å².